The van der Waals surface area contributed by atoms with Gasteiger partial charge < -0.3 is 14.3 Å². The van der Waals surface area contributed by atoms with Crippen LogP contribution in [0.15, 0.2) is 4.52 Å². The van der Waals surface area contributed by atoms with Crippen molar-refractivity contribution in [2.45, 2.75) is 77.7 Å². The van der Waals surface area contributed by atoms with Crippen LogP contribution in [0.1, 0.15) is 71.5 Å². The molecule has 30 heavy (non-hydrogen) atoms. The topological polar surface area (TPSA) is 82.8 Å². The van der Waals surface area contributed by atoms with Crippen molar-refractivity contribution in [3.63, 3.8) is 0 Å². The summed E-state index contributed by atoms with van der Waals surface area (Å²) in [5, 5.41) is 4.03. The van der Waals surface area contributed by atoms with Gasteiger partial charge >= 0.3 is 0 Å². The lowest BCUT2D eigenvalue weighted by Gasteiger charge is -2.38. The van der Waals surface area contributed by atoms with Crippen LogP contribution in [-0.2, 0) is 21.4 Å². The van der Waals surface area contributed by atoms with Gasteiger partial charge in [0.1, 0.15) is 0 Å². The molecule has 1 aromatic heterocycles. The van der Waals surface area contributed by atoms with E-state index in [-0.39, 0.29) is 17.2 Å². The quantitative estimate of drug-likeness (QED) is 0.703. The molecule has 2 saturated heterocycles. The molecule has 168 valence electrons. The molecule has 2 aliphatic rings. The normalized spacial score (nSPS) is 21.1. The van der Waals surface area contributed by atoms with E-state index >= 15 is 0 Å². The van der Waals surface area contributed by atoms with E-state index < -0.39 is 0 Å². The van der Waals surface area contributed by atoms with Gasteiger partial charge in [0.2, 0.25) is 17.7 Å². The lowest BCUT2D eigenvalue weighted by molar-refractivity contribution is -0.137. The summed E-state index contributed by atoms with van der Waals surface area (Å²) in [6.45, 7) is 12.5. The molecule has 1 unspecified atom stereocenters. The van der Waals surface area contributed by atoms with E-state index in [2.05, 4.69) is 22.0 Å². The number of piperazine rings is 1. The van der Waals surface area contributed by atoms with Crippen LogP contribution in [0.5, 0.6) is 0 Å². The van der Waals surface area contributed by atoms with Crippen LogP contribution in [-0.4, -0.2) is 82.0 Å². The molecular weight excluding hydrogens is 382 g/mol. The standard InChI is InChI=1S/C22H37N5O3/c1-17-8-5-6-11-27(17)20(29)16-25-12-14-26(15-13-25)19(28)10-7-9-18-23-21(24-30-18)22(2,3)4/h17H,5-16H2,1-4H3. The summed E-state index contributed by atoms with van der Waals surface area (Å²) >= 11 is 0. The summed E-state index contributed by atoms with van der Waals surface area (Å²) < 4.78 is 5.30. The number of nitrogens with zero attached hydrogens (tertiary/aromatic N) is 5. The number of amides is 2. The van der Waals surface area contributed by atoms with Gasteiger partial charge in [-0.2, -0.15) is 4.98 Å². The van der Waals surface area contributed by atoms with Crippen LogP contribution >= 0.6 is 0 Å². The average molecular weight is 420 g/mol. The molecule has 0 aromatic carbocycles. The molecule has 0 radical (unpaired) electrons. The number of hydrogen-bond donors (Lipinski definition) is 0. The van der Waals surface area contributed by atoms with Crippen molar-refractivity contribution in [2.75, 3.05) is 39.3 Å². The zero-order valence-electron chi connectivity index (χ0n) is 19.0. The highest BCUT2D eigenvalue weighted by Gasteiger charge is 2.27. The van der Waals surface area contributed by atoms with Crippen molar-refractivity contribution in [1.29, 1.82) is 0 Å². The Hall–Kier alpha value is -1.96. The molecule has 2 amide bonds. The maximum Gasteiger partial charge on any atom is 0.236 e. The van der Waals surface area contributed by atoms with E-state index in [1.807, 2.05) is 30.6 Å². The Bertz CT molecular complexity index is 719. The van der Waals surface area contributed by atoms with Gasteiger partial charge in [0.05, 0.1) is 6.54 Å². The second-order valence-corrected chi connectivity index (χ2v) is 9.70. The number of hydrogen-bond acceptors (Lipinski definition) is 6. The second kappa shape index (κ2) is 9.90. The summed E-state index contributed by atoms with van der Waals surface area (Å²) in [5.41, 5.74) is -0.134. The largest absolute Gasteiger partial charge is 0.340 e. The van der Waals surface area contributed by atoms with E-state index in [0.717, 1.165) is 32.5 Å². The number of piperidine rings is 1. The smallest absolute Gasteiger partial charge is 0.236 e. The lowest BCUT2D eigenvalue weighted by atomic mass is 9.96. The van der Waals surface area contributed by atoms with Crippen LogP contribution in [0.25, 0.3) is 0 Å². The second-order valence-electron chi connectivity index (χ2n) is 9.70. The van der Waals surface area contributed by atoms with Crippen molar-refractivity contribution >= 4 is 11.8 Å². The summed E-state index contributed by atoms with van der Waals surface area (Å²) in [6.07, 6.45) is 5.25. The highest BCUT2D eigenvalue weighted by atomic mass is 16.5. The van der Waals surface area contributed by atoms with E-state index in [4.69, 9.17) is 4.52 Å². The van der Waals surface area contributed by atoms with Crippen molar-refractivity contribution in [3.8, 4) is 0 Å². The molecule has 1 atom stereocenters. The van der Waals surface area contributed by atoms with Crippen molar-refractivity contribution in [2.24, 2.45) is 0 Å². The van der Waals surface area contributed by atoms with Gasteiger partial charge in [-0.05, 0) is 32.6 Å². The van der Waals surface area contributed by atoms with Crippen LogP contribution < -0.4 is 0 Å². The fraction of sp³-hybridized carbons (Fsp3) is 0.818. The van der Waals surface area contributed by atoms with E-state index in [9.17, 15) is 9.59 Å². The third kappa shape index (κ3) is 6.03. The van der Waals surface area contributed by atoms with Crippen LogP contribution in [0, 0.1) is 0 Å². The number of aromatic nitrogens is 2. The molecule has 3 rings (SSSR count). The molecular formula is C22H37N5O3. The van der Waals surface area contributed by atoms with Crippen molar-refractivity contribution in [3.05, 3.63) is 11.7 Å². The van der Waals surface area contributed by atoms with Gasteiger partial charge in [-0.25, -0.2) is 0 Å². The number of carbonyl (C=O) groups is 2. The van der Waals surface area contributed by atoms with E-state index in [1.54, 1.807) is 0 Å². The van der Waals surface area contributed by atoms with Crippen LogP contribution in [0.4, 0.5) is 0 Å². The Balaban J connectivity index is 1.36. The first-order valence-corrected chi connectivity index (χ1v) is 11.4. The molecule has 8 heteroatoms. The molecule has 0 spiro atoms. The summed E-state index contributed by atoms with van der Waals surface area (Å²) in [7, 11) is 0. The molecule has 1 aromatic rings. The Kier molecular flexibility index (Phi) is 7.50. The van der Waals surface area contributed by atoms with Gasteiger partial charge in [-0.1, -0.05) is 25.9 Å². The Labute approximate surface area is 180 Å². The zero-order chi connectivity index (χ0) is 21.7. The van der Waals surface area contributed by atoms with E-state index in [1.165, 1.54) is 6.42 Å². The highest BCUT2D eigenvalue weighted by molar-refractivity contribution is 5.79. The third-order valence-corrected chi connectivity index (χ3v) is 6.13. The molecule has 0 N–H and O–H groups in total. The maximum atomic E-state index is 12.6. The monoisotopic (exact) mass is 419 g/mol. The molecule has 2 aliphatic heterocycles. The number of aryl methyl sites for hydroxylation is 1. The Morgan fingerprint density at radius 3 is 2.43 bits per heavy atom. The molecule has 0 aliphatic carbocycles. The Morgan fingerprint density at radius 1 is 1.07 bits per heavy atom. The SMILES string of the molecule is CC1CCCCN1C(=O)CN1CCN(C(=O)CCCc2nc(C(C)(C)C)no2)CC1. The molecule has 0 saturated carbocycles. The predicted molar refractivity (Wildman–Crippen MR) is 114 cm³/mol. The van der Waals surface area contributed by atoms with Crippen LogP contribution in [0.2, 0.25) is 0 Å². The first-order chi connectivity index (χ1) is 14.2. The average Bonchev–Trinajstić information content (AvgIpc) is 3.18. The fourth-order valence-electron chi connectivity index (χ4n) is 4.12. The molecule has 2 fully saturated rings. The maximum absolute atomic E-state index is 12.6. The minimum absolute atomic E-state index is 0.134. The summed E-state index contributed by atoms with van der Waals surface area (Å²) in [4.78, 5) is 35.7. The third-order valence-electron chi connectivity index (χ3n) is 6.13. The van der Waals surface area contributed by atoms with E-state index in [0.29, 0.717) is 56.7 Å². The fourth-order valence-corrected chi connectivity index (χ4v) is 4.12. The first-order valence-electron chi connectivity index (χ1n) is 11.4. The van der Waals surface area contributed by atoms with Crippen LogP contribution in [0.3, 0.4) is 0 Å². The number of rotatable bonds is 6. The van der Waals surface area contributed by atoms with Gasteiger partial charge in [-0.3, -0.25) is 14.5 Å². The summed E-state index contributed by atoms with van der Waals surface area (Å²) in [6, 6.07) is 0.354. The summed E-state index contributed by atoms with van der Waals surface area (Å²) in [5.74, 6) is 1.70. The Morgan fingerprint density at radius 2 is 1.80 bits per heavy atom. The van der Waals surface area contributed by atoms with Gasteiger partial charge in [0.15, 0.2) is 5.82 Å². The molecule has 0 bridgehead atoms. The minimum Gasteiger partial charge on any atom is -0.340 e. The van der Waals surface area contributed by atoms with Crippen molar-refractivity contribution < 1.29 is 14.1 Å². The molecule has 3 heterocycles. The minimum atomic E-state index is -0.134. The lowest BCUT2D eigenvalue weighted by Crippen LogP contribution is -2.53. The van der Waals surface area contributed by atoms with Gasteiger partial charge in [0, 0.05) is 57.0 Å². The van der Waals surface area contributed by atoms with Crippen molar-refractivity contribution in [1.82, 2.24) is 24.8 Å². The highest BCUT2D eigenvalue weighted by Crippen LogP contribution is 2.19. The first kappa shape index (κ1) is 22.7. The van der Waals surface area contributed by atoms with Gasteiger partial charge in [0.25, 0.3) is 0 Å². The number of likely N-dealkylation sites (tertiary alicyclic amines) is 1. The molecule has 8 nitrogen and oxygen atoms in total. The zero-order valence-corrected chi connectivity index (χ0v) is 19.0. The number of carbonyl (C=O) groups excluding carboxylic acids is 2. The predicted octanol–water partition coefficient (Wildman–Crippen LogP) is 2.24. The van der Waals surface area contributed by atoms with Gasteiger partial charge in [-0.15, -0.1) is 0 Å².